The van der Waals surface area contributed by atoms with Crippen LogP contribution < -0.4 is 4.74 Å². The molecular weight excluding hydrogens is 256 g/mol. The van der Waals surface area contributed by atoms with Gasteiger partial charge in [0.15, 0.2) is 0 Å². The van der Waals surface area contributed by atoms with E-state index in [1.807, 2.05) is 0 Å². The van der Waals surface area contributed by atoms with Gasteiger partial charge in [-0.05, 0) is 16.4 Å². The first-order chi connectivity index (χ1) is 9.64. The number of hydrogen-bond acceptors (Lipinski definition) is 1. The molecular formula is C20H28O. The van der Waals surface area contributed by atoms with Gasteiger partial charge in [-0.2, -0.15) is 0 Å². The lowest BCUT2D eigenvalue weighted by Crippen LogP contribution is -2.20. The molecule has 1 aromatic rings. The highest BCUT2D eigenvalue weighted by Crippen LogP contribution is 2.42. The standard InChI is InChI=1S/C20H28O/c1-19(2,3)16-12-15(14-10-8-9-11-14)13-17(18(16)21-7)20(4,5)6/h8-14H,1-7H3. The van der Waals surface area contributed by atoms with Crippen molar-refractivity contribution in [3.05, 3.63) is 53.1 Å². The van der Waals surface area contributed by atoms with Gasteiger partial charge in [-0.15, -0.1) is 0 Å². The Morgan fingerprint density at radius 3 is 1.57 bits per heavy atom. The van der Waals surface area contributed by atoms with Crippen LogP contribution in [-0.2, 0) is 10.8 Å². The third-order valence-electron chi connectivity index (χ3n) is 4.06. The van der Waals surface area contributed by atoms with Gasteiger partial charge >= 0.3 is 0 Å². The number of methoxy groups -OCH3 is 1. The van der Waals surface area contributed by atoms with Crippen molar-refractivity contribution in [2.45, 2.75) is 58.3 Å². The maximum Gasteiger partial charge on any atom is 0.126 e. The van der Waals surface area contributed by atoms with Gasteiger partial charge in [-0.25, -0.2) is 0 Å². The van der Waals surface area contributed by atoms with Crippen molar-refractivity contribution in [2.75, 3.05) is 7.11 Å². The lowest BCUT2D eigenvalue weighted by molar-refractivity contribution is 0.381. The van der Waals surface area contributed by atoms with Crippen molar-refractivity contribution in [3.63, 3.8) is 0 Å². The van der Waals surface area contributed by atoms with Crippen LogP contribution in [0.25, 0.3) is 0 Å². The topological polar surface area (TPSA) is 9.23 Å². The van der Waals surface area contributed by atoms with E-state index in [9.17, 15) is 0 Å². The van der Waals surface area contributed by atoms with Crippen LogP contribution in [0.15, 0.2) is 36.4 Å². The molecule has 1 aliphatic rings. The molecule has 1 heteroatoms. The molecule has 0 amide bonds. The van der Waals surface area contributed by atoms with Crippen molar-refractivity contribution in [3.8, 4) is 5.75 Å². The Balaban J connectivity index is 2.71. The Bertz CT molecular complexity index is 530. The highest BCUT2D eigenvalue weighted by Gasteiger charge is 2.28. The van der Waals surface area contributed by atoms with E-state index in [1.165, 1.54) is 16.7 Å². The van der Waals surface area contributed by atoms with E-state index in [4.69, 9.17) is 4.74 Å². The Kier molecular flexibility index (Phi) is 4.06. The molecule has 0 fully saturated rings. The molecule has 0 atom stereocenters. The zero-order valence-electron chi connectivity index (χ0n) is 14.4. The average Bonchev–Trinajstić information content (AvgIpc) is 2.88. The lowest BCUT2D eigenvalue weighted by atomic mass is 9.77. The van der Waals surface area contributed by atoms with Crippen LogP contribution in [0.5, 0.6) is 5.75 Å². The summed E-state index contributed by atoms with van der Waals surface area (Å²) in [5.74, 6) is 1.43. The molecule has 21 heavy (non-hydrogen) atoms. The molecule has 0 saturated carbocycles. The van der Waals surface area contributed by atoms with Crippen LogP contribution in [0.1, 0.15) is 64.2 Å². The third kappa shape index (κ3) is 3.23. The van der Waals surface area contributed by atoms with Gasteiger partial charge in [-0.3, -0.25) is 0 Å². The summed E-state index contributed by atoms with van der Waals surface area (Å²) in [6.45, 7) is 13.5. The highest BCUT2D eigenvalue weighted by molar-refractivity contribution is 5.53. The zero-order valence-corrected chi connectivity index (χ0v) is 14.4. The molecule has 0 radical (unpaired) electrons. The quantitative estimate of drug-likeness (QED) is 0.696. The Hall–Kier alpha value is -1.50. The van der Waals surface area contributed by atoms with Gasteiger partial charge in [0.25, 0.3) is 0 Å². The van der Waals surface area contributed by atoms with Gasteiger partial charge in [0, 0.05) is 17.0 Å². The summed E-state index contributed by atoms with van der Waals surface area (Å²) in [5.41, 5.74) is 4.07. The molecule has 0 spiro atoms. The average molecular weight is 284 g/mol. The number of ether oxygens (including phenoxy) is 1. The first-order valence-corrected chi connectivity index (χ1v) is 7.72. The smallest absolute Gasteiger partial charge is 0.126 e. The summed E-state index contributed by atoms with van der Waals surface area (Å²) in [7, 11) is 1.79. The van der Waals surface area contributed by atoms with E-state index < -0.39 is 0 Å². The summed E-state index contributed by atoms with van der Waals surface area (Å²) >= 11 is 0. The fourth-order valence-electron chi connectivity index (χ4n) is 2.83. The minimum absolute atomic E-state index is 0.0629. The van der Waals surface area contributed by atoms with Crippen LogP contribution in [0.3, 0.4) is 0 Å². The molecule has 1 aliphatic carbocycles. The molecule has 114 valence electrons. The van der Waals surface area contributed by atoms with E-state index >= 15 is 0 Å². The molecule has 0 N–H and O–H groups in total. The Morgan fingerprint density at radius 2 is 1.24 bits per heavy atom. The van der Waals surface area contributed by atoms with Gasteiger partial charge in [0.2, 0.25) is 0 Å². The predicted octanol–water partition coefficient (Wildman–Crippen LogP) is 5.50. The summed E-state index contributed by atoms with van der Waals surface area (Å²) in [5, 5.41) is 0. The summed E-state index contributed by atoms with van der Waals surface area (Å²) in [4.78, 5) is 0. The molecule has 0 bridgehead atoms. The second-order valence-electron chi connectivity index (χ2n) is 7.94. The normalized spacial score (nSPS) is 15.8. The zero-order chi connectivity index (χ0) is 15.8. The summed E-state index contributed by atoms with van der Waals surface area (Å²) < 4.78 is 5.81. The first-order valence-electron chi connectivity index (χ1n) is 7.72. The van der Waals surface area contributed by atoms with E-state index in [2.05, 4.69) is 78.0 Å². The van der Waals surface area contributed by atoms with Crippen LogP contribution in [0.4, 0.5) is 0 Å². The second kappa shape index (κ2) is 5.36. The number of allylic oxidation sites excluding steroid dienone is 4. The van der Waals surface area contributed by atoms with Crippen LogP contribution in [-0.4, -0.2) is 7.11 Å². The second-order valence-corrected chi connectivity index (χ2v) is 7.94. The first kappa shape index (κ1) is 15.9. The van der Waals surface area contributed by atoms with Gasteiger partial charge in [0.05, 0.1) is 7.11 Å². The summed E-state index contributed by atoms with van der Waals surface area (Å²) in [6.07, 6.45) is 8.76. The summed E-state index contributed by atoms with van der Waals surface area (Å²) in [6, 6.07) is 4.64. The molecule has 0 aliphatic heterocycles. The minimum Gasteiger partial charge on any atom is -0.496 e. The molecule has 0 saturated heterocycles. The molecule has 0 unspecified atom stereocenters. The minimum atomic E-state index is 0.0629. The molecule has 1 aromatic carbocycles. The van der Waals surface area contributed by atoms with Crippen LogP contribution in [0, 0.1) is 0 Å². The van der Waals surface area contributed by atoms with Crippen molar-refractivity contribution < 1.29 is 4.74 Å². The fourth-order valence-corrected chi connectivity index (χ4v) is 2.83. The van der Waals surface area contributed by atoms with Gasteiger partial charge in [0.1, 0.15) is 5.75 Å². The maximum atomic E-state index is 5.81. The molecule has 0 aromatic heterocycles. The SMILES string of the molecule is COc1c(C(C)(C)C)cc(C2C=CC=C2)cc1C(C)(C)C. The fraction of sp³-hybridized carbons (Fsp3) is 0.500. The predicted molar refractivity (Wildman–Crippen MR) is 91.4 cm³/mol. The number of benzene rings is 1. The third-order valence-corrected chi connectivity index (χ3v) is 4.06. The highest BCUT2D eigenvalue weighted by atomic mass is 16.5. The van der Waals surface area contributed by atoms with Crippen molar-refractivity contribution >= 4 is 0 Å². The lowest BCUT2D eigenvalue weighted by Gasteiger charge is -2.30. The van der Waals surface area contributed by atoms with E-state index in [0.29, 0.717) is 5.92 Å². The molecule has 2 rings (SSSR count). The monoisotopic (exact) mass is 284 g/mol. The van der Waals surface area contributed by atoms with Gasteiger partial charge < -0.3 is 4.74 Å². The number of rotatable bonds is 2. The van der Waals surface area contributed by atoms with E-state index in [0.717, 1.165) is 5.75 Å². The molecule has 0 heterocycles. The van der Waals surface area contributed by atoms with E-state index in [1.54, 1.807) is 7.11 Å². The van der Waals surface area contributed by atoms with Crippen LogP contribution >= 0.6 is 0 Å². The van der Waals surface area contributed by atoms with Crippen molar-refractivity contribution in [1.29, 1.82) is 0 Å². The van der Waals surface area contributed by atoms with Gasteiger partial charge in [-0.1, -0.05) is 78.0 Å². The van der Waals surface area contributed by atoms with Crippen molar-refractivity contribution in [2.24, 2.45) is 0 Å². The number of hydrogen-bond donors (Lipinski definition) is 0. The largest absolute Gasteiger partial charge is 0.496 e. The Morgan fingerprint density at radius 1 is 0.810 bits per heavy atom. The molecule has 1 nitrogen and oxygen atoms in total. The van der Waals surface area contributed by atoms with E-state index in [-0.39, 0.29) is 10.8 Å². The maximum absolute atomic E-state index is 5.81. The van der Waals surface area contributed by atoms with Crippen molar-refractivity contribution in [1.82, 2.24) is 0 Å². The Labute approximate surface area is 129 Å². The van der Waals surface area contributed by atoms with Crippen LogP contribution in [0.2, 0.25) is 0 Å².